The van der Waals surface area contributed by atoms with Gasteiger partial charge in [-0.1, -0.05) is 0 Å². The fraction of sp³-hybridized carbons (Fsp3) is 0.353. The molecule has 8 nitrogen and oxygen atoms in total. The Kier molecular flexibility index (Phi) is 4.92. The van der Waals surface area contributed by atoms with Gasteiger partial charge in [0.05, 0.1) is 17.9 Å². The van der Waals surface area contributed by atoms with E-state index in [0.29, 0.717) is 23.4 Å². The number of carboxylic acid groups (broad SMARTS) is 1. The minimum Gasteiger partial charge on any atom is -0.465 e. The van der Waals surface area contributed by atoms with Crippen molar-refractivity contribution in [3.63, 3.8) is 0 Å². The van der Waals surface area contributed by atoms with Crippen LogP contribution in [-0.2, 0) is 17.5 Å². The van der Waals surface area contributed by atoms with E-state index in [2.05, 4.69) is 20.3 Å². The SMILES string of the molecule is CC1(C(=O)NCc2cc(-c3ccc(C(F)(F)F)nc3)ncn2)CCN1C(=O)O. The molecule has 0 bridgehead atoms. The summed E-state index contributed by atoms with van der Waals surface area (Å²) in [4.78, 5) is 35.9. The van der Waals surface area contributed by atoms with Crippen LogP contribution in [0.3, 0.4) is 0 Å². The van der Waals surface area contributed by atoms with Crippen LogP contribution >= 0.6 is 0 Å². The van der Waals surface area contributed by atoms with Gasteiger partial charge in [-0.05, 0) is 31.5 Å². The van der Waals surface area contributed by atoms with Crippen LogP contribution in [0.1, 0.15) is 24.7 Å². The Balaban J connectivity index is 1.69. The number of carbonyl (C=O) groups excluding carboxylic acids is 1. The number of aromatic nitrogens is 3. The van der Waals surface area contributed by atoms with Crippen molar-refractivity contribution in [1.29, 1.82) is 0 Å². The first-order valence-electron chi connectivity index (χ1n) is 8.25. The standard InChI is InChI=1S/C17H16F3N5O3/c1-16(4-5-25(16)15(27)28)14(26)22-8-11-6-12(24-9-23-11)10-2-3-13(21-7-10)17(18,19)20/h2-3,6-7,9H,4-5,8H2,1H3,(H,22,26)(H,27,28). The van der Waals surface area contributed by atoms with Crippen LogP contribution in [0.5, 0.6) is 0 Å². The Hall–Kier alpha value is -3.24. The molecule has 3 rings (SSSR count). The Labute approximate surface area is 157 Å². The second kappa shape index (κ2) is 7.06. The minimum absolute atomic E-state index is 0.0193. The topological polar surface area (TPSA) is 108 Å². The maximum atomic E-state index is 12.6. The summed E-state index contributed by atoms with van der Waals surface area (Å²) in [7, 11) is 0. The molecule has 0 spiro atoms. The van der Waals surface area contributed by atoms with Crippen LogP contribution in [0.4, 0.5) is 18.0 Å². The van der Waals surface area contributed by atoms with Crippen molar-refractivity contribution in [3.8, 4) is 11.3 Å². The molecule has 2 amide bonds. The predicted molar refractivity (Wildman–Crippen MR) is 89.9 cm³/mol. The second-order valence-electron chi connectivity index (χ2n) is 6.47. The van der Waals surface area contributed by atoms with Gasteiger partial charge in [-0.25, -0.2) is 14.8 Å². The number of rotatable bonds is 4. The monoisotopic (exact) mass is 395 g/mol. The Bertz CT molecular complexity index is 904. The molecule has 3 heterocycles. The molecule has 1 unspecified atom stereocenters. The van der Waals surface area contributed by atoms with Gasteiger partial charge >= 0.3 is 12.3 Å². The summed E-state index contributed by atoms with van der Waals surface area (Å²) in [6.45, 7) is 1.85. The van der Waals surface area contributed by atoms with E-state index in [-0.39, 0.29) is 13.1 Å². The van der Waals surface area contributed by atoms with Gasteiger partial charge in [-0.2, -0.15) is 13.2 Å². The summed E-state index contributed by atoms with van der Waals surface area (Å²) in [5.74, 6) is -0.447. The summed E-state index contributed by atoms with van der Waals surface area (Å²) >= 11 is 0. The zero-order valence-corrected chi connectivity index (χ0v) is 14.7. The predicted octanol–water partition coefficient (Wildman–Crippen LogP) is 2.32. The summed E-state index contributed by atoms with van der Waals surface area (Å²) in [6.07, 6.45) is -2.99. The number of halogens is 3. The molecule has 1 aliphatic rings. The second-order valence-corrected chi connectivity index (χ2v) is 6.47. The van der Waals surface area contributed by atoms with E-state index in [1.165, 1.54) is 18.5 Å². The molecule has 0 saturated carbocycles. The van der Waals surface area contributed by atoms with Gasteiger partial charge in [0.2, 0.25) is 5.91 Å². The first-order valence-corrected chi connectivity index (χ1v) is 8.25. The summed E-state index contributed by atoms with van der Waals surface area (Å²) in [5, 5.41) is 11.7. The highest BCUT2D eigenvalue weighted by molar-refractivity contribution is 5.90. The third kappa shape index (κ3) is 3.73. The Morgan fingerprint density at radius 3 is 2.57 bits per heavy atom. The van der Waals surface area contributed by atoms with E-state index in [0.717, 1.165) is 17.2 Å². The first kappa shape index (κ1) is 19.5. The summed E-state index contributed by atoms with van der Waals surface area (Å²) < 4.78 is 37.8. The van der Waals surface area contributed by atoms with E-state index < -0.39 is 29.4 Å². The maximum Gasteiger partial charge on any atom is 0.433 e. The van der Waals surface area contributed by atoms with Gasteiger partial charge in [-0.3, -0.25) is 14.7 Å². The van der Waals surface area contributed by atoms with Crippen molar-refractivity contribution < 1.29 is 27.9 Å². The highest BCUT2D eigenvalue weighted by Crippen LogP contribution is 2.31. The quantitative estimate of drug-likeness (QED) is 0.823. The van der Waals surface area contributed by atoms with Crippen LogP contribution in [0.15, 0.2) is 30.7 Å². The van der Waals surface area contributed by atoms with E-state index in [4.69, 9.17) is 5.11 Å². The number of likely N-dealkylation sites (tertiary alicyclic amines) is 1. The van der Waals surface area contributed by atoms with Gasteiger partial charge in [0.1, 0.15) is 17.6 Å². The normalized spacial score (nSPS) is 19.1. The van der Waals surface area contributed by atoms with Crippen molar-refractivity contribution in [2.75, 3.05) is 6.54 Å². The lowest BCUT2D eigenvalue weighted by Gasteiger charge is -2.47. The molecule has 2 aromatic heterocycles. The van der Waals surface area contributed by atoms with Gasteiger partial charge in [0, 0.05) is 18.3 Å². The number of hydrogen-bond donors (Lipinski definition) is 2. The molecule has 1 aliphatic heterocycles. The molecule has 148 valence electrons. The number of hydrogen-bond acceptors (Lipinski definition) is 5. The van der Waals surface area contributed by atoms with Crippen LogP contribution in [-0.4, -0.2) is 49.0 Å². The van der Waals surface area contributed by atoms with Crippen molar-refractivity contribution in [3.05, 3.63) is 42.1 Å². The smallest absolute Gasteiger partial charge is 0.433 e. The number of carbonyl (C=O) groups is 2. The van der Waals surface area contributed by atoms with Crippen LogP contribution in [0.2, 0.25) is 0 Å². The maximum absolute atomic E-state index is 12.6. The molecule has 0 aromatic carbocycles. The number of nitrogens with one attached hydrogen (secondary N) is 1. The van der Waals surface area contributed by atoms with Crippen molar-refractivity contribution in [2.45, 2.75) is 31.6 Å². The van der Waals surface area contributed by atoms with Crippen LogP contribution in [0.25, 0.3) is 11.3 Å². The average Bonchev–Trinajstić information content (AvgIpc) is 2.63. The summed E-state index contributed by atoms with van der Waals surface area (Å²) in [6, 6.07) is 3.63. The van der Waals surface area contributed by atoms with E-state index in [1.807, 2.05) is 0 Å². The zero-order valence-electron chi connectivity index (χ0n) is 14.7. The van der Waals surface area contributed by atoms with Crippen LogP contribution in [0, 0.1) is 0 Å². The Morgan fingerprint density at radius 1 is 1.29 bits per heavy atom. The fourth-order valence-corrected chi connectivity index (χ4v) is 2.83. The van der Waals surface area contributed by atoms with Gasteiger partial charge < -0.3 is 10.4 Å². The van der Waals surface area contributed by atoms with Gasteiger partial charge in [0.15, 0.2) is 0 Å². The van der Waals surface area contributed by atoms with Crippen molar-refractivity contribution in [1.82, 2.24) is 25.2 Å². The average molecular weight is 395 g/mol. The lowest BCUT2D eigenvalue weighted by Crippen LogP contribution is -2.67. The molecule has 1 fully saturated rings. The molecule has 2 aromatic rings. The number of amides is 2. The molecule has 2 N–H and O–H groups in total. The van der Waals surface area contributed by atoms with E-state index in [1.54, 1.807) is 6.92 Å². The third-order valence-electron chi connectivity index (χ3n) is 4.64. The van der Waals surface area contributed by atoms with Gasteiger partial charge in [-0.15, -0.1) is 0 Å². The molecular weight excluding hydrogens is 379 g/mol. The number of pyridine rings is 1. The lowest BCUT2D eigenvalue weighted by molar-refractivity contribution is -0.141. The zero-order chi connectivity index (χ0) is 20.5. The molecule has 11 heteroatoms. The molecule has 1 atom stereocenters. The minimum atomic E-state index is -4.53. The number of alkyl halides is 3. The van der Waals surface area contributed by atoms with Crippen molar-refractivity contribution in [2.24, 2.45) is 0 Å². The fourth-order valence-electron chi connectivity index (χ4n) is 2.83. The Morgan fingerprint density at radius 2 is 2.04 bits per heavy atom. The van der Waals surface area contributed by atoms with E-state index in [9.17, 15) is 22.8 Å². The van der Waals surface area contributed by atoms with Crippen molar-refractivity contribution >= 4 is 12.0 Å². The molecule has 1 saturated heterocycles. The number of nitrogens with zero attached hydrogens (tertiary/aromatic N) is 4. The first-order chi connectivity index (χ1) is 13.1. The molecular formula is C17H16F3N5O3. The highest BCUT2D eigenvalue weighted by Gasteiger charge is 2.49. The van der Waals surface area contributed by atoms with Crippen LogP contribution < -0.4 is 5.32 Å². The largest absolute Gasteiger partial charge is 0.465 e. The molecule has 28 heavy (non-hydrogen) atoms. The molecule has 0 aliphatic carbocycles. The van der Waals surface area contributed by atoms with E-state index >= 15 is 0 Å². The molecule has 0 radical (unpaired) electrons. The lowest BCUT2D eigenvalue weighted by atomic mass is 9.86. The third-order valence-corrected chi connectivity index (χ3v) is 4.64. The highest BCUT2D eigenvalue weighted by atomic mass is 19.4. The summed E-state index contributed by atoms with van der Waals surface area (Å²) in [5.41, 5.74) is -0.995. The van der Waals surface area contributed by atoms with Gasteiger partial charge in [0.25, 0.3) is 0 Å².